The number of hydrogen-bond acceptors (Lipinski definition) is 2. The molecule has 4 unspecified atom stereocenters. The minimum absolute atomic E-state index is 0.345. The fourth-order valence-corrected chi connectivity index (χ4v) is 2.77. The maximum atomic E-state index is 5.70. The minimum atomic E-state index is 0.345. The lowest BCUT2D eigenvalue weighted by molar-refractivity contribution is 0.116. The lowest BCUT2D eigenvalue weighted by Crippen LogP contribution is -2.29. The zero-order chi connectivity index (χ0) is 10.3. The van der Waals surface area contributed by atoms with Gasteiger partial charge in [0, 0.05) is 5.92 Å². The number of ether oxygens (including phenoxy) is 2. The molecule has 0 aromatic carbocycles. The van der Waals surface area contributed by atoms with Crippen LogP contribution >= 0.6 is 0 Å². The molecule has 2 fully saturated rings. The summed E-state index contributed by atoms with van der Waals surface area (Å²) in [5, 5.41) is 0. The predicted octanol–water partition coefficient (Wildman–Crippen LogP) is 2.52. The first-order chi connectivity index (χ1) is 7.33. The van der Waals surface area contributed by atoms with E-state index in [4.69, 9.17) is 9.47 Å². The third kappa shape index (κ3) is 1.96. The van der Waals surface area contributed by atoms with Gasteiger partial charge in [-0.15, -0.1) is 0 Å². The van der Waals surface area contributed by atoms with Crippen LogP contribution in [-0.4, -0.2) is 19.3 Å². The van der Waals surface area contributed by atoms with Crippen LogP contribution in [0.15, 0.2) is 24.5 Å². The molecule has 2 heteroatoms. The number of allylic oxidation sites excluding steroid dienone is 3. The molecule has 4 atom stereocenters. The van der Waals surface area contributed by atoms with Crippen LogP contribution in [0.5, 0.6) is 0 Å². The van der Waals surface area contributed by atoms with Crippen molar-refractivity contribution in [2.75, 3.05) is 13.2 Å². The average Bonchev–Trinajstić information content (AvgIpc) is 3.11. The highest BCUT2D eigenvalue weighted by atomic mass is 16.6. The third-order valence-corrected chi connectivity index (χ3v) is 3.85. The highest BCUT2D eigenvalue weighted by Gasteiger charge is 2.35. The van der Waals surface area contributed by atoms with E-state index in [2.05, 4.69) is 18.7 Å². The molecule has 0 amide bonds. The summed E-state index contributed by atoms with van der Waals surface area (Å²) in [5.74, 6) is 3.01. The molecule has 0 radical (unpaired) electrons. The van der Waals surface area contributed by atoms with Crippen LogP contribution in [0.4, 0.5) is 0 Å². The largest absolute Gasteiger partial charge is 0.495 e. The molecule has 0 aromatic heterocycles. The van der Waals surface area contributed by atoms with Crippen LogP contribution < -0.4 is 0 Å². The van der Waals surface area contributed by atoms with E-state index in [0.717, 1.165) is 18.3 Å². The van der Waals surface area contributed by atoms with E-state index in [1.54, 1.807) is 0 Å². The van der Waals surface area contributed by atoms with Gasteiger partial charge in [-0.05, 0) is 31.1 Å². The van der Waals surface area contributed by atoms with Gasteiger partial charge in [0.15, 0.2) is 0 Å². The van der Waals surface area contributed by atoms with E-state index in [1.165, 1.54) is 19.3 Å². The molecule has 2 bridgehead atoms. The van der Waals surface area contributed by atoms with Crippen LogP contribution in [0.3, 0.4) is 0 Å². The van der Waals surface area contributed by atoms with Crippen LogP contribution in [0.25, 0.3) is 0 Å². The Bertz CT molecular complexity index is 291. The fraction of sp³-hybridized carbons (Fsp3) is 0.692. The highest BCUT2D eigenvalue weighted by molar-refractivity contribution is 5.12. The van der Waals surface area contributed by atoms with Crippen molar-refractivity contribution < 1.29 is 9.47 Å². The smallest absolute Gasteiger partial charge is 0.116 e. The Morgan fingerprint density at radius 1 is 1.40 bits per heavy atom. The first kappa shape index (κ1) is 9.46. The summed E-state index contributed by atoms with van der Waals surface area (Å²) in [5.41, 5.74) is 0. The van der Waals surface area contributed by atoms with Crippen molar-refractivity contribution >= 4 is 0 Å². The first-order valence-electron chi connectivity index (χ1n) is 5.94. The van der Waals surface area contributed by atoms with E-state index in [1.807, 2.05) is 0 Å². The molecule has 1 aliphatic heterocycles. The van der Waals surface area contributed by atoms with Gasteiger partial charge in [-0.1, -0.05) is 18.7 Å². The number of epoxide rings is 1. The molecule has 0 N–H and O–H groups in total. The summed E-state index contributed by atoms with van der Waals surface area (Å²) in [6.07, 6.45) is 9.00. The quantitative estimate of drug-likeness (QED) is 0.400. The van der Waals surface area contributed by atoms with Crippen molar-refractivity contribution in [1.82, 2.24) is 0 Å². The molecular weight excluding hydrogens is 188 g/mol. The SMILES string of the molecule is C=C(OCC1CO1)C1CC2C=CC1CC2. The Kier molecular flexibility index (Phi) is 2.32. The van der Waals surface area contributed by atoms with Crippen LogP contribution in [0.1, 0.15) is 19.3 Å². The van der Waals surface area contributed by atoms with Gasteiger partial charge in [-0.25, -0.2) is 0 Å². The van der Waals surface area contributed by atoms with Gasteiger partial charge in [0.2, 0.25) is 0 Å². The lowest BCUT2D eigenvalue weighted by Gasteiger charge is -2.38. The molecule has 1 heterocycles. The fourth-order valence-electron chi connectivity index (χ4n) is 2.77. The topological polar surface area (TPSA) is 21.8 Å². The number of rotatable bonds is 4. The van der Waals surface area contributed by atoms with E-state index < -0.39 is 0 Å². The van der Waals surface area contributed by atoms with Crippen LogP contribution in [0, 0.1) is 17.8 Å². The molecule has 1 saturated heterocycles. The van der Waals surface area contributed by atoms with Gasteiger partial charge < -0.3 is 9.47 Å². The first-order valence-corrected chi connectivity index (χ1v) is 5.94. The van der Waals surface area contributed by atoms with E-state index >= 15 is 0 Å². The second-order valence-corrected chi connectivity index (χ2v) is 4.96. The summed E-state index contributed by atoms with van der Waals surface area (Å²) in [7, 11) is 0. The number of hydrogen-bond donors (Lipinski definition) is 0. The zero-order valence-electron chi connectivity index (χ0n) is 9.02. The molecule has 4 rings (SSSR count). The van der Waals surface area contributed by atoms with Gasteiger partial charge >= 0.3 is 0 Å². The molecule has 0 aromatic rings. The maximum absolute atomic E-state index is 5.70. The van der Waals surface area contributed by atoms with E-state index in [9.17, 15) is 0 Å². The normalized spacial score (nSPS) is 41.6. The summed E-state index contributed by atoms with van der Waals surface area (Å²) >= 11 is 0. The Morgan fingerprint density at radius 3 is 2.80 bits per heavy atom. The third-order valence-electron chi connectivity index (χ3n) is 3.85. The van der Waals surface area contributed by atoms with Gasteiger partial charge in [0.1, 0.15) is 12.7 Å². The Labute approximate surface area is 90.9 Å². The van der Waals surface area contributed by atoms with Crippen LogP contribution in [0.2, 0.25) is 0 Å². The van der Waals surface area contributed by atoms with Gasteiger partial charge in [-0.2, -0.15) is 0 Å². The van der Waals surface area contributed by atoms with Crippen molar-refractivity contribution in [3.63, 3.8) is 0 Å². The van der Waals surface area contributed by atoms with Crippen molar-refractivity contribution in [2.45, 2.75) is 25.4 Å². The molecule has 2 nitrogen and oxygen atoms in total. The summed E-state index contributed by atoms with van der Waals surface area (Å²) in [6.45, 7) is 5.65. The molecule has 82 valence electrons. The van der Waals surface area contributed by atoms with Gasteiger partial charge in [-0.3, -0.25) is 0 Å². The van der Waals surface area contributed by atoms with Gasteiger partial charge in [0.05, 0.1) is 12.4 Å². The zero-order valence-corrected chi connectivity index (χ0v) is 9.02. The molecule has 1 saturated carbocycles. The maximum Gasteiger partial charge on any atom is 0.116 e. The lowest BCUT2D eigenvalue weighted by atomic mass is 9.68. The summed E-state index contributed by atoms with van der Waals surface area (Å²) in [6, 6.07) is 0. The van der Waals surface area contributed by atoms with E-state index in [0.29, 0.717) is 24.5 Å². The minimum Gasteiger partial charge on any atom is -0.495 e. The van der Waals surface area contributed by atoms with Gasteiger partial charge in [0.25, 0.3) is 0 Å². The monoisotopic (exact) mass is 206 g/mol. The Hall–Kier alpha value is -0.760. The number of fused-ring (bicyclic) bond motifs is 2. The van der Waals surface area contributed by atoms with Crippen LogP contribution in [-0.2, 0) is 9.47 Å². The van der Waals surface area contributed by atoms with Crippen molar-refractivity contribution in [1.29, 1.82) is 0 Å². The molecule has 3 aliphatic carbocycles. The van der Waals surface area contributed by atoms with E-state index in [-0.39, 0.29) is 0 Å². The van der Waals surface area contributed by atoms with Crippen molar-refractivity contribution in [3.8, 4) is 0 Å². The summed E-state index contributed by atoms with van der Waals surface area (Å²) in [4.78, 5) is 0. The molecule has 4 aliphatic rings. The molecule has 15 heavy (non-hydrogen) atoms. The Morgan fingerprint density at radius 2 is 2.27 bits per heavy atom. The van der Waals surface area contributed by atoms with Crippen molar-refractivity contribution in [3.05, 3.63) is 24.5 Å². The molecule has 0 spiro atoms. The van der Waals surface area contributed by atoms with Crippen molar-refractivity contribution in [2.24, 2.45) is 17.8 Å². The highest BCUT2D eigenvalue weighted by Crippen LogP contribution is 2.43. The second kappa shape index (κ2) is 3.67. The summed E-state index contributed by atoms with van der Waals surface area (Å²) < 4.78 is 10.8. The molecular formula is C13H18O2. The predicted molar refractivity (Wildman–Crippen MR) is 58.3 cm³/mol. The second-order valence-electron chi connectivity index (χ2n) is 4.96. The Balaban J connectivity index is 1.57. The average molecular weight is 206 g/mol. The standard InChI is InChI=1S/C13H18O2/c1-9(14-7-12-8-15-12)13-6-10-2-4-11(13)5-3-10/h2,4,10-13H,1,3,5-8H2.